The first kappa shape index (κ1) is 54.0. The third-order valence-electron chi connectivity index (χ3n) is 8.78. The maximum absolute atomic E-state index is 5.93. The van der Waals surface area contributed by atoms with Crippen LogP contribution >= 0.6 is 104 Å². The molecule has 18 heteroatoms. The van der Waals surface area contributed by atoms with E-state index in [4.69, 9.17) is 104 Å². The van der Waals surface area contributed by atoms with Gasteiger partial charge in [0.15, 0.2) is 0 Å². The predicted molar refractivity (Wildman–Crippen MR) is 286 cm³/mol. The average Bonchev–Trinajstić information content (AvgIpc) is 3.29. The molecule has 342 valence electrons. The molecule has 0 aliphatic rings. The van der Waals surface area contributed by atoms with Crippen LogP contribution in [0.4, 0.5) is 34.1 Å². The third kappa shape index (κ3) is 17.9. The molecule has 9 nitrogen and oxygen atoms in total. The van der Waals surface area contributed by atoms with Crippen LogP contribution in [0.25, 0.3) is 17.1 Å². The van der Waals surface area contributed by atoms with Gasteiger partial charge in [-0.3, -0.25) is 0 Å². The minimum absolute atomic E-state index is 0.0651. The van der Waals surface area contributed by atoms with E-state index < -0.39 is 0 Å². The van der Waals surface area contributed by atoms with Crippen molar-refractivity contribution in [2.24, 2.45) is 30.7 Å². The fraction of sp³-hybridized carbons (Fsp3) is 0.125. The third-order valence-corrected chi connectivity index (χ3v) is 10.6. The Morgan fingerprint density at radius 1 is 0.303 bits per heavy atom. The van der Waals surface area contributed by atoms with Crippen molar-refractivity contribution in [1.29, 1.82) is 0 Å². The van der Waals surface area contributed by atoms with Crippen molar-refractivity contribution in [2.45, 2.75) is 0 Å². The first-order valence-electron chi connectivity index (χ1n) is 19.4. The van der Waals surface area contributed by atoms with Gasteiger partial charge in [0.1, 0.15) is 30.6 Å². The minimum Gasteiger partial charge on any atom is -0.378 e. The Bertz CT molecular complexity index is 2350. The largest absolute Gasteiger partial charge is 0.378 e. The molecule has 6 aromatic carbocycles. The second-order valence-corrected chi connectivity index (χ2v) is 18.3. The smallest absolute Gasteiger partial charge is 0.134 e. The second kappa shape index (κ2) is 27.2. The summed E-state index contributed by atoms with van der Waals surface area (Å²) in [7, 11) is 11.8. The molecule has 0 aliphatic heterocycles. The molecular formula is C48H42Cl9N9. The Balaban J connectivity index is 0.000000216. The van der Waals surface area contributed by atoms with Gasteiger partial charge in [-0.05, 0) is 109 Å². The first-order valence-corrected chi connectivity index (χ1v) is 22.8. The SMILES string of the molecule is CN(C)c1ccc(C(N=Nc2ccc(Cl)cc2)=C(Cl)Cl)cc1.CN(C)c1ccc(C(N=Nc2ccc(Cl)cc2)=C(Cl)Cl)cc1.CN(C)c1ccc(C(N=Nc2ccc(Cl)cc2)=C(Cl)Cl)cc1. The molecule has 0 bridgehead atoms. The Morgan fingerprint density at radius 3 is 0.667 bits per heavy atom. The van der Waals surface area contributed by atoms with E-state index in [1.54, 1.807) is 72.8 Å². The number of anilines is 3. The maximum atomic E-state index is 5.93. The van der Waals surface area contributed by atoms with Crippen LogP contribution in [0.2, 0.25) is 15.1 Å². The van der Waals surface area contributed by atoms with Gasteiger partial charge in [0.25, 0.3) is 0 Å². The Kier molecular flexibility index (Phi) is 22.3. The van der Waals surface area contributed by atoms with Crippen LogP contribution in [0, 0.1) is 0 Å². The summed E-state index contributed by atoms with van der Waals surface area (Å²) in [5.41, 5.74) is 8.87. The molecule has 6 rings (SSSR count). The monoisotopic (exact) mass is 1060 g/mol. The van der Waals surface area contributed by atoms with Crippen LogP contribution in [0.15, 0.2) is 190 Å². The summed E-state index contributed by atoms with van der Waals surface area (Å²) < 4.78 is 0.195. The van der Waals surface area contributed by atoms with Gasteiger partial charge >= 0.3 is 0 Å². The van der Waals surface area contributed by atoms with E-state index in [9.17, 15) is 0 Å². The lowest BCUT2D eigenvalue weighted by atomic mass is 10.1. The highest BCUT2D eigenvalue weighted by molar-refractivity contribution is 6.59. The topological polar surface area (TPSA) is 83.9 Å². The lowest BCUT2D eigenvalue weighted by Gasteiger charge is -2.12. The zero-order valence-electron chi connectivity index (χ0n) is 36.3. The normalized spacial score (nSPS) is 10.8. The van der Waals surface area contributed by atoms with Gasteiger partial charge in [0, 0.05) is 91.1 Å². The van der Waals surface area contributed by atoms with Gasteiger partial charge in [0.05, 0.1) is 17.1 Å². The molecule has 0 aromatic heterocycles. The highest BCUT2D eigenvalue weighted by Crippen LogP contribution is 2.32. The van der Waals surface area contributed by atoms with Crippen LogP contribution in [0.1, 0.15) is 16.7 Å². The number of rotatable bonds is 12. The fourth-order valence-corrected chi connectivity index (χ4v) is 6.47. The number of hydrogen-bond donors (Lipinski definition) is 0. The van der Waals surface area contributed by atoms with E-state index in [0.717, 1.165) is 33.8 Å². The molecule has 0 saturated carbocycles. The highest BCUT2D eigenvalue weighted by atomic mass is 35.5. The lowest BCUT2D eigenvalue weighted by Crippen LogP contribution is -2.08. The van der Waals surface area contributed by atoms with E-state index >= 15 is 0 Å². The van der Waals surface area contributed by atoms with Crippen LogP contribution < -0.4 is 14.7 Å². The van der Waals surface area contributed by atoms with Crippen molar-refractivity contribution in [1.82, 2.24) is 0 Å². The van der Waals surface area contributed by atoms with Gasteiger partial charge in [-0.25, -0.2) is 0 Å². The van der Waals surface area contributed by atoms with Crippen LogP contribution in [0.5, 0.6) is 0 Å². The van der Waals surface area contributed by atoms with Crippen molar-refractivity contribution >= 4 is 156 Å². The number of benzene rings is 6. The maximum Gasteiger partial charge on any atom is 0.134 e. The standard InChI is InChI=1S/3C16H14Cl3N3/c3*1-22(2)14-9-3-11(4-10-14)15(16(18)19)21-20-13-7-5-12(17)6-8-13/h3*3-10H,1-2H3. The zero-order valence-corrected chi connectivity index (χ0v) is 43.1. The van der Waals surface area contributed by atoms with E-state index in [1.165, 1.54) is 0 Å². The van der Waals surface area contributed by atoms with E-state index in [2.05, 4.69) is 30.7 Å². The molecule has 0 spiro atoms. The molecule has 0 fully saturated rings. The fourth-order valence-electron chi connectivity index (χ4n) is 5.21. The number of hydrogen-bond acceptors (Lipinski definition) is 9. The van der Waals surface area contributed by atoms with Gasteiger partial charge in [-0.1, -0.05) is 141 Å². The summed E-state index contributed by atoms with van der Waals surface area (Å²) >= 11 is 53.1. The van der Waals surface area contributed by atoms with E-state index in [0.29, 0.717) is 49.2 Å². The van der Waals surface area contributed by atoms with Crippen molar-refractivity contribution in [2.75, 3.05) is 57.0 Å². The lowest BCUT2D eigenvalue weighted by molar-refractivity contribution is 1.13. The summed E-state index contributed by atoms with van der Waals surface area (Å²) in [6.07, 6.45) is 0. The molecule has 66 heavy (non-hydrogen) atoms. The Labute approximate surface area is 430 Å². The summed E-state index contributed by atoms with van der Waals surface area (Å²) in [4.78, 5) is 6.01. The van der Waals surface area contributed by atoms with Crippen molar-refractivity contribution < 1.29 is 0 Å². The summed E-state index contributed by atoms with van der Waals surface area (Å²) in [6, 6.07) is 44.2. The molecule has 0 saturated heterocycles. The molecule has 0 unspecified atom stereocenters. The summed E-state index contributed by atoms with van der Waals surface area (Å²) in [6.45, 7) is 0. The highest BCUT2D eigenvalue weighted by Gasteiger charge is 2.10. The minimum atomic E-state index is 0.0651. The second-order valence-electron chi connectivity index (χ2n) is 14.2. The van der Waals surface area contributed by atoms with E-state index in [1.807, 2.05) is 130 Å². The average molecular weight is 1060 g/mol. The number of nitrogens with zero attached hydrogens (tertiary/aromatic N) is 9. The molecule has 0 aliphatic carbocycles. The van der Waals surface area contributed by atoms with Crippen LogP contribution in [-0.4, -0.2) is 42.3 Å². The van der Waals surface area contributed by atoms with Crippen molar-refractivity contribution in [3.8, 4) is 0 Å². The molecular weight excluding hydrogens is 1020 g/mol. The van der Waals surface area contributed by atoms with Crippen LogP contribution in [0.3, 0.4) is 0 Å². The van der Waals surface area contributed by atoms with Crippen molar-refractivity contribution in [3.05, 3.63) is 191 Å². The Hall–Kier alpha value is -4.65. The summed E-state index contributed by atoms with van der Waals surface area (Å²) in [5.74, 6) is 0. The van der Waals surface area contributed by atoms with E-state index in [-0.39, 0.29) is 13.5 Å². The molecule has 0 heterocycles. The van der Waals surface area contributed by atoms with Gasteiger partial charge < -0.3 is 14.7 Å². The Morgan fingerprint density at radius 2 is 0.500 bits per heavy atom. The van der Waals surface area contributed by atoms with Crippen LogP contribution in [-0.2, 0) is 0 Å². The van der Waals surface area contributed by atoms with Gasteiger partial charge in [-0.15, -0.1) is 15.3 Å². The quantitative estimate of drug-likeness (QED) is 0.114. The predicted octanol–water partition coefficient (Wildman–Crippen LogP) is 18.9. The number of azo groups is 3. The molecule has 0 radical (unpaired) electrons. The molecule has 6 aromatic rings. The first-order chi connectivity index (χ1) is 31.4. The molecule has 0 atom stereocenters. The molecule has 0 N–H and O–H groups in total. The zero-order chi connectivity index (χ0) is 48.3. The number of halogens is 9. The van der Waals surface area contributed by atoms with Gasteiger partial charge in [-0.2, -0.15) is 15.3 Å². The molecule has 0 amide bonds. The summed E-state index contributed by atoms with van der Waals surface area (Å²) in [5, 5.41) is 26.8. The van der Waals surface area contributed by atoms with Gasteiger partial charge in [0.2, 0.25) is 0 Å². The van der Waals surface area contributed by atoms with Crippen molar-refractivity contribution in [3.63, 3.8) is 0 Å².